The van der Waals surface area contributed by atoms with Crippen LogP contribution in [0.1, 0.15) is 49.7 Å². The van der Waals surface area contributed by atoms with E-state index < -0.39 is 0 Å². The first-order valence-corrected chi connectivity index (χ1v) is 7.00. The lowest BCUT2D eigenvalue weighted by atomic mass is 10.1. The summed E-state index contributed by atoms with van der Waals surface area (Å²) in [4.78, 5) is 0. The zero-order chi connectivity index (χ0) is 14.7. The highest BCUT2D eigenvalue weighted by atomic mass is 16.5. The van der Waals surface area contributed by atoms with Crippen molar-refractivity contribution in [2.45, 2.75) is 46.4 Å². The zero-order valence-electron chi connectivity index (χ0n) is 12.6. The number of nitrogens with zero attached hydrogens (tertiary/aromatic N) is 2. The summed E-state index contributed by atoms with van der Waals surface area (Å²) in [5.41, 5.74) is 9.04. The summed E-state index contributed by atoms with van der Waals surface area (Å²) >= 11 is 0. The minimum Gasteiger partial charge on any atom is -0.487 e. The van der Waals surface area contributed by atoms with Crippen LogP contribution in [0.3, 0.4) is 0 Å². The molecule has 108 valence electrons. The third-order valence-electron chi connectivity index (χ3n) is 3.29. The van der Waals surface area contributed by atoms with E-state index in [-0.39, 0.29) is 6.04 Å². The van der Waals surface area contributed by atoms with Gasteiger partial charge in [-0.05, 0) is 51.0 Å². The van der Waals surface area contributed by atoms with Crippen LogP contribution >= 0.6 is 0 Å². The molecule has 0 saturated heterocycles. The lowest BCUT2D eigenvalue weighted by Crippen LogP contribution is -2.06. The molecule has 0 bridgehead atoms. The van der Waals surface area contributed by atoms with Crippen LogP contribution < -0.4 is 10.5 Å². The molecule has 2 rings (SSSR count). The minimum absolute atomic E-state index is 0.0458. The molecule has 0 fully saturated rings. The fourth-order valence-corrected chi connectivity index (χ4v) is 2.01. The van der Waals surface area contributed by atoms with E-state index >= 15 is 0 Å². The van der Waals surface area contributed by atoms with Crippen molar-refractivity contribution in [2.24, 2.45) is 5.73 Å². The predicted octanol–water partition coefficient (Wildman–Crippen LogP) is 3.37. The first kappa shape index (κ1) is 14.6. The van der Waals surface area contributed by atoms with Crippen molar-refractivity contribution >= 4 is 0 Å². The summed E-state index contributed by atoms with van der Waals surface area (Å²) in [6, 6.07) is 8.48. The van der Waals surface area contributed by atoms with Gasteiger partial charge in [0, 0.05) is 18.3 Å². The lowest BCUT2D eigenvalue weighted by molar-refractivity contribution is 0.296. The summed E-state index contributed by atoms with van der Waals surface area (Å²) in [7, 11) is 0. The van der Waals surface area contributed by atoms with Crippen molar-refractivity contribution < 1.29 is 4.74 Å². The van der Waals surface area contributed by atoms with E-state index in [4.69, 9.17) is 10.5 Å². The Hall–Kier alpha value is -1.81. The van der Waals surface area contributed by atoms with Crippen LogP contribution in [0.15, 0.2) is 30.5 Å². The molecule has 1 aromatic heterocycles. The van der Waals surface area contributed by atoms with Gasteiger partial charge in [0.15, 0.2) is 0 Å². The quantitative estimate of drug-likeness (QED) is 0.908. The van der Waals surface area contributed by atoms with Crippen LogP contribution in [0.5, 0.6) is 5.75 Å². The third-order valence-corrected chi connectivity index (χ3v) is 3.29. The Bertz CT molecular complexity index is 573. The fourth-order valence-electron chi connectivity index (χ4n) is 2.01. The second kappa shape index (κ2) is 6.09. The number of aryl methyl sites for hydroxylation is 1. The molecule has 0 radical (unpaired) electrons. The van der Waals surface area contributed by atoms with Crippen molar-refractivity contribution in [1.29, 1.82) is 0 Å². The van der Waals surface area contributed by atoms with Gasteiger partial charge in [-0.15, -0.1) is 0 Å². The molecule has 20 heavy (non-hydrogen) atoms. The maximum Gasteiger partial charge on any atom is 0.132 e. The maximum absolute atomic E-state index is 5.88. The van der Waals surface area contributed by atoms with E-state index in [0.717, 1.165) is 22.6 Å². The Morgan fingerprint density at radius 2 is 2.00 bits per heavy atom. The van der Waals surface area contributed by atoms with Gasteiger partial charge in [-0.3, -0.25) is 4.68 Å². The molecule has 4 heteroatoms. The smallest absolute Gasteiger partial charge is 0.132 e. The van der Waals surface area contributed by atoms with Gasteiger partial charge in [-0.1, -0.05) is 12.1 Å². The Morgan fingerprint density at radius 1 is 1.25 bits per heavy atom. The first-order chi connectivity index (χ1) is 9.47. The molecule has 0 aliphatic heterocycles. The van der Waals surface area contributed by atoms with Crippen molar-refractivity contribution in [3.63, 3.8) is 0 Å². The Labute approximate surface area is 120 Å². The van der Waals surface area contributed by atoms with E-state index in [1.165, 1.54) is 0 Å². The van der Waals surface area contributed by atoms with Crippen LogP contribution in [0.25, 0.3) is 0 Å². The molecular formula is C16H23N3O. The molecular weight excluding hydrogens is 250 g/mol. The highest BCUT2D eigenvalue weighted by Gasteiger charge is 2.06. The maximum atomic E-state index is 5.88. The van der Waals surface area contributed by atoms with Crippen LogP contribution in [0, 0.1) is 6.92 Å². The Kier molecular flexibility index (Phi) is 4.45. The van der Waals surface area contributed by atoms with Crippen LogP contribution in [-0.4, -0.2) is 9.78 Å². The average Bonchev–Trinajstić information content (AvgIpc) is 2.86. The lowest BCUT2D eigenvalue weighted by Gasteiger charge is -2.11. The fraction of sp³-hybridized carbons (Fsp3) is 0.438. The van der Waals surface area contributed by atoms with Gasteiger partial charge < -0.3 is 10.5 Å². The Balaban J connectivity index is 2.03. The molecule has 0 amide bonds. The number of nitrogens with two attached hydrogens (primary N) is 1. The summed E-state index contributed by atoms with van der Waals surface area (Å²) in [6.45, 7) is 8.71. The molecule has 0 saturated carbocycles. The summed E-state index contributed by atoms with van der Waals surface area (Å²) in [5.74, 6) is 0.883. The minimum atomic E-state index is 0.0458. The summed E-state index contributed by atoms with van der Waals surface area (Å²) in [6.07, 6.45) is 1.98. The molecule has 0 spiro atoms. The van der Waals surface area contributed by atoms with E-state index in [0.29, 0.717) is 12.6 Å². The summed E-state index contributed by atoms with van der Waals surface area (Å²) in [5, 5.41) is 4.47. The number of hydrogen-bond acceptors (Lipinski definition) is 3. The van der Waals surface area contributed by atoms with Crippen molar-refractivity contribution in [1.82, 2.24) is 9.78 Å². The molecule has 0 aliphatic rings. The number of rotatable bonds is 5. The van der Waals surface area contributed by atoms with Gasteiger partial charge in [0.05, 0.1) is 5.69 Å². The zero-order valence-corrected chi connectivity index (χ0v) is 12.6. The normalized spacial score (nSPS) is 12.7. The van der Waals surface area contributed by atoms with Crippen molar-refractivity contribution in [3.8, 4) is 5.75 Å². The molecule has 1 atom stereocenters. The number of ether oxygens (including phenoxy) is 1. The van der Waals surface area contributed by atoms with E-state index in [9.17, 15) is 0 Å². The monoisotopic (exact) mass is 273 g/mol. The summed E-state index contributed by atoms with van der Waals surface area (Å²) < 4.78 is 7.77. The SMILES string of the molecule is Cc1cc(C(C)N)ccc1OCc1ccn(C(C)C)n1. The molecule has 1 unspecified atom stereocenters. The van der Waals surface area contributed by atoms with E-state index in [2.05, 4.69) is 25.0 Å². The van der Waals surface area contributed by atoms with Gasteiger partial charge in [-0.2, -0.15) is 5.10 Å². The van der Waals surface area contributed by atoms with E-state index in [1.54, 1.807) is 0 Å². The second-order valence-corrected chi connectivity index (χ2v) is 5.48. The predicted molar refractivity (Wildman–Crippen MR) is 80.7 cm³/mol. The number of benzene rings is 1. The molecule has 0 aliphatic carbocycles. The standard InChI is InChI=1S/C16H23N3O/c1-11(2)19-8-7-15(18-19)10-20-16-6-5-14(13(4)17)9-12(16)3/h5-9,11,13H,10,17H2,1-4H3. The highest BCUT2D eigenvalue weighted by molar-refractivity contribution is 5.37. The van der Waals surface area contributed by atoms with Gasteiger partial charge in [-0.25, -0.2) is 0 Å². The average molecular weight is 273 g/mol. The second-order valence-electron chi connectivity index (χ2n) is 5.48. The Morgan fingerprint density at radius 3 is 2.55 bits per heavy atom. The van der Waals surface area contributed by atoms with Crippen LogP contribution in [-0.2, 0) is 6.61 Å². The molecule has 2 aromatic rings. The molecule has 1 aromatic carbocycles. The van der Waals surface area contributed by atoms with Gasteiger partial charge >= 0.3 is 0 Å². The van der Waals surface area contributed by atoms with Crippen LogP contribution in [0.2, 0.25) is 0 Å². The van der Waals surface area contributed by atoms with Crippen LogP contribution in [0.4, 0.5) is 0 Å². The van der Waals surface area contributed by atoms with Crippen molar-refractivity contribution in [3.05, 3.63) is 47.3 Å². The van der Waals surface area contributed by atoms with Crippen molar-refractivity contribution in [2.75, 3.05) is 0 Å². The van der Waals surface area contributed by atoms with Gasteiger partial charge in [0.25, 0.3) is 0 Å². The van der Waals surface area contributed by atoms with E-state index in [1.807, 2.05) is 42.9 Å². The molecule has 4 nitrogen and oxygen atoms in total. The number of hydrogen-bond donors (Lipinski definition) is 1. The topological polar surface area (TPSA) is 53.1 Å². The van der Waals surface area contributed by atoms with Gasteiger partial charge in [0.2, 0.25) is 0 Å². The molecule has 1 heterocycles. The molecule has 2 N–H and O–H groups in total. The van der Waals surface area contributed by atoms with Gasteiger partial charge in [0.1, 0.15) is 12.4 Å². The first-order valence-electron chi connectivity index (χ1n) is 7.00. The highest BCUT2D eigenvalue weighted by Crippen LogP contribution is 2.22. The number of aromatic nitrogens is 2. The largest absolute Gasteiger partial charge is 0.487 e. The third kappa shape index (κ3) is 3.39.